The van der Waals surface area contributed by atoms with Crippen molar-refractivity contribution in [2.45, 2.75) is 18.9 Å². The van der Waals surface area contributed by atoms with Gasteiger partial charge in [-0.3, -0.25) is 0 Å². The lowest BCUT2D eigenvalue weighted by molar-refractivity contribution is 0.634. The van der Waals surface area contributed by atoms with Crippen molar-refractivity contribution in [3.8, 4) is 0 Å². The van der Waals surface area contributed by atoms with E-state index in [1.807, 2.05) is 12.1 Å². The molecule has 0 heterocycles. The number of nitrogens with two attached hydrogens (primary N) is 1. The van der Waals surface area contributed by atoms with Gasteiger partial charge in [-0.15, -0.1) is 0 Å². The molecule has 70 valence electrons. The van der Waals surface area contributed by atoms with Gasteiger partial charge in [0.2, 0.25) is 0 Å². The van der Waals surface area contributed by atoms with Gasteiger partial charge in [0.15, 0.2) is 0 Å². The van der Waals surface area contributed by atoms with Crippen LogP contribution in [0, 0.1) is 5.92 Å². The smallest absolute Gasteiger partial charge is 0.0640 e. The third-order valence-corrected chi connectivity index (χ3v) is 3.30. The van der Waals surface area contributed by atoms with Gasteiger partial charge in [-0.05, 0) is 30.4 Å². The monoisotopic (exact) mass is 215 g/mol. The topological polar surface area (TPSA) is 26.0 Å². The summed E-state index contributed by atoms with van der Waals surface area (Å²) in [5.74, 6) is 0.607. The minimum atomic E-state index is 0.0613. The van der Waals surface area contributed by atoms with Gasteiger partial charge >= 0.3 is 0 Å². The minimum Gasteiger partial charge on any atom is -0.324 e. The van der Waals surface area contributed by atoms with Gasteiger partial charge in [-0.2, -0.15) is 0 Å². The molecular weight excluding hydrogens is 205 g/mol. The average Bonchev–Trinajstić information content (AvgIpc) is 2.91. The van der Waals surface area contributed by atoms with Crippen molar-refractivity contribution < 1.29 is 0 Å². The highest BCUT2D eigenvalue weighted by Gasteiger charge is 2.30. The molecule has 3 heteroatoms. The molecule has 1 aromatic rings. The summed E-state index contributed by atoms with van der Waals surface area (Å²) in [6.45, 7) is 0. The van der Waals surface area contributed by atoms with Crippen LogP contribution in [-0.4, -0.2) is 0 Å². The van der Waals surface area contributed by atoms with Crippen LogP contribution in [0.15, 0.2) is 18.2 Å². The van der Waals surface area contributed by atoms with E-state index in [1.54, 1.807) is 6.07 Å². The fraction of sp³-hybridized carbons (Fsp3) is 0.400. The van der Waals surface area contributed by atoms with E-state index in [0.29, 0.717) is 16.0 Å². The summed E-state index contributed by atoms with van der Waals surface area (Å²) in [6, 6.07) is 5.70. The molecule has 1 aliphatic carbocycles. The lowest BCUT2D eigenvalue weighted by atomic mass is 10.0. The van der Waals surface area contributed by atoms with Crippen LogP contribution < -0.4 is 5.73 Å². The second-order valence-electron chi connectivity index (χ2n) is 3.51. The van der Waals surface area contributed by atoms with Crippen LogP contribution in [0.4, 0.5) is 0 Å². The van der Waals surface area contributed by atoms with E-state index >= 15 is 0 Å². The Morgan fingerprint density at radius 2 is 2.00 bits per heavy atom. The lowest BCUT2D eigenvalue weighted by Gasteiger charge is -2.12. The van der Waals surface area contributed by atoms with E-state index in [2.05, 4.69) is 0 Å². The molecular formula is C10H11Cl2N. The van der Waals surface area contributed by atoms with E-state index in [9.17, 15) is 0 Å². The van der Waals surface area contributed by atoms with Crippen LogP contribution in [0.5, 0.6) is 0 Å². The predicted molar refractivity (Wildman–Crippen MR) is 56.1 cm³/mol. The summed E-state index contributed by atoms with van der Waals surface area (Å²) in [6.07, 6.45) is 2.42. The third kappa shape index (κ3) is 1.83. The molecule has 1 nitrogen and oxygen atoms in total. The molecule has 1 atom stereocenters. The highest BCUT2D eigenvalue weighted by Crippen LogP contribution is 2.42. The Labute approximate surface area is 87.8 Å². The van der Waals surface area contributed by atoms with Gasteiger partial charge in [-0.1, -0.05) is 35.3 Å². The first-order chi connectivity index (χ1) is 6.20. The molecule has 1 aliphatic rings. The molecule has 0 spiro atoms. The van der Waals surface area contributed by atoms with Crippen molar-refractivity contribution in [3.05, 3.63) is 33.8 Å². The van der Waals surface area contributed by atoms with Gasteiger partial charge in [0.05, 0.1) is 10.0 Å². The molecule has 1 aromatic carbocycles. The molecule has 1 fully saturated rings. The van der Waals surface area contributed by atoms with Crippen molar-refractivity contribution in [3.63, 3.8) is 0 Å². The Kier molecular flexibility index (Phi) is 2.50. The fourth-order valence-corrected chi connectivity index (χ4v) is 1.92. The van der Waals surface area contributed by atoms with E-state index in [-0.39, 0.29) is 6.04 Å². The first-order valence-electron chi connectivity index (χ1n) is 4.39. The first kappa shape index (κ1) is 9.32. The lowest BCUT2D eigenvalue weighted by Crippen LogP contribution is -2.12. The molecule has 0 radical (unpaired) electrons. The maximum Gasteiger partial charge on any atom is 0.0640 e. The highest BCUT2D eigenvalue weighted by molar-refractivity contribution is 6.42. The van der Waals surface area contributed by atoms with Crippen LogP contribution in [0.1, 0.15) is 24.4 Å². The molecule has 0 aromatic heterocycles. The van der Waals surface area contributed by atoms with Crippen LogP contribution >= 0.6 is 23.2 Å². The van der Waals surface area contributed by atoms with Crippen molar-refractivity contribution in [2.24, 2.45) is 11.7 Å². The summed E-state index contributed by atoms with van der Waals surface area (Å²) < 4.78 is 0. The molecule has 2 N–H and O–H groups in total. The molecule has 13 heavy (non-hydrogen) atoms. The third-order valence-electron chi connectivity index (χ3n) is 2.47. The number of benzene rings is 1. The van der Waals surface area contributed by atoms with Crippen molar-refractivity contribution >= 4 is 23.2 Å². The molecule has 1 unspecified atom stereocenters. The molecule has 0 saturated heterocycles. The molecule has 2 rings (SSSR count). The zero-order valence-electron chi connectivity index (χ0n) is 7.13. The first-order valence-corrected chi connectivity index (χ1v) is 5.15. The second-order valence-corrected chi connectivity index (χ2v) is 4.29. The summed E-state index contributed by atoms with van der Waals surface area (Å²) in [7, 11) is 0. The van der Waals surface area contributed by atoms with Crippen molar-refractivity contribution in [1.29, 1.82) is 0 Å². The molecule has 0 aliphatic heterocycles. The quantitative estimate of drug-likeness (QED) is 0.805. The van der Waals surface area contributed by atoms with E-state index in [1.165, 1.54) is 12.8 Å². The number of rotatable bonds is 2. The van der Waals surface area contributed by atoms with Crippen LogP contribution in [0.2, 0.25) is 10.0 Å². The standard InChI is InChI=1S/C10H11Cl2N/c11-8-3-1-2-7(9(8)12)10(13)6-4-5-6/h1-3,6,10H,4-5,13H2. The van der Waals surface area contributed by atoms with Gasteiger partial charge in [-0.25, -0.2) is 0 Å². The molecule has 0 amide bonds. The van der Waals surface area contributed by atoms with Gasteiger partial charge in [0.1, 0.15) is 0 Å². The number of hydrogen-bond acceptors (Lipinski definition) is 1. The summed E-state index contributed by atoms with van der Waals surface area (Å²) >= 11 is 11.9. The zero-order chi connectivity index (χ0) is 9.42. The van der Waals surface area contributed by atoms with Crippen LogP contribution in [-0.2, 0) is 0 Å². The number of halogens is 2. The summed E-state index contributed by atoms with van der Waals surface area (Å²) in [5.41, 5.74) is 7.01. The van der Waals surface area contributed by atoms with Crippen LogP contribution in [0.25, 0.3) is 0 Å². The van der Waals surface area contributed by atoms with Crippen LogP contribution in [0.3, 0.4) is 0 Å². The predicted octanol–water partition coefficient (Wildman–Crippen LogP) is 3.40. The second kappa shape index (κ2) is 3.49. The van der Waals surface area contributed by atoms with Gasteiger partial charge in [0.25, 0.3) is 0 Å². The maximum absolute atomic E-state index is 6.05. The Bertz CT molecular complexity index is 321. The van der Waals surface area contributed by atoms with Crippen molar-refractivity contribution in [2.75, 3.05) is 0 Å². The molecule has 0 bridgehead atoms. The minimum absolute atomic E-state index is 0.0613. The van der Waals surface area contributed by atoms with E-state index in [0.717, 1.165) is 5.56 Å². The van der Waals surface area contributed by atoms with Gasteiger partial charge < -0.3 is 5.73 Å². The Balaban J connectivity index is 2.32. The fourth-order valence-electron chi connectivity index (χ4n) is 1.49. The summed E-state index contributed by atoms with van der Waals surface area (Å²) in [4.78, 5) is 0. The maximum atomic E-state index is 6.05. The van der Waals surface area contributed by atoms with Crippen molar-refractivity contribution in [1.82, 2.24) is 0 Å². The normalized spacial score (nSPS) is 18.7. The summed E-state index contributed by atoms with van der Waals surface area (Å²) in [5, 5.41) is 1.21. The highest BCUT2D eigenvalue weighted by atomic mass is 35.5. The Hall–Kier alpha value is -0.240. The Morgan fingerprint density at radius 3 is 2.62 bits per heavy atom. The average molecular weight is 216 g/mol. The zero-order valence-corrected chi connectivity index (χ0v) is 8.65. The van der Waals surface area contributed by atoms with E-state index < -0.39 is 0 Å². The number of hydrogen-bond donors (Lipinski definition) is 1. The molecule has 1 saturated carbocycles. The Morgan fingerprint density at radius 1 is 1.31 bits per heavy atom. The van der Waals surface area contributed by atoms with E-state index in [4.69, 9.17) is 28.9 Å². The van der Waals surface area contributed by atoms with Gasteiger partial charge in [0, 0.05) is 6.04 Å². The SMILES string of the molecule is NC(c1cccc(Cl)c1Cl)C1CC1. The largest absolute Gasteiger partial charge is 0.324 e.